The largest absolute Gasteiger partial charge is 0.377 e. The van der Waals surface area contributed by atoms with Gasteiger partial charge in [0.05, 0.1) is 11.0 Å². The summed E-state index contributed by atoms with van der Waals surface area (Å²) in [6.07, 6.45) is 2.49. The fourth-order valence-corrected chi connectivity index (χ4v) is 2.32. The molecule has 2 rings (SSSR count). The third-order valence-corrected chi connectivity index (χ3v) is 3.61. The van der Waals surface area contributed by atoms with Crippen LogP contribution in [-0.2, 0) is 4.74 Å². The molecule has 1 aliphatic rings. The van der Waals surface area contributed by atoms with E-state index in [-0.39, 0.29) is 22.8 Å². The van der Waals surface area contributed by atoms with Gasteiger partial charge in [-0.05, 0) is 32.3 Å². The molecule has 5 nitrogen and oxygen atoms in total. The summed E-state index contributed by atoms with van der Waals surface area (Å²) >= 11 is 0. The first-order chi connectivity index (χ1) is 9.08. The van der Waals surface area contributed by atoms with Crippen LogP contribution in [0.4, 0.5) is 5.69 Å². The van der Waals surface area contributed by atoms with Crippen LogP contribution in [0, 0.1) is 17.0 Å². The van der Waals surface area contributed by atoms with Gasteiger partial charge in [-0.25, -0.2) is 0 Å². The van der Waals surface area contributed by atoms with Gasteiger partial charge in [0.2, 0.25) is 0 Å². The molecule has 1 aliphatic heterocycles. The van der Waals surface area contributed by atoms with Crippen molar-refractivity contribution in [3.05, 3.63) is 39.4 Å². The molecule has 1 aromatic carbocycles. The highest BCUT2D eigenvalue weighted by atomic mass is 16.6. The van der Waals surface area contributed by atoms with Gasteiger partial charge in [0.25, 0.3) is 5.69 Å². The van der Waals surface area contributed by atoms with Crippen molar-refractivity contribution < 1.29 is 9.66 Å². The summed E-state index contributed by atoms with van der Waals surface area (Å²) in [6, 6.07) is 5.49. The molecule has 1 heterocycles. The van der Waals surface area contributed by atoms with Crippen molar-refractivity contribution in [1.82, 2.24) is 5.32 Å². The minimum absolute atomic E-state index is 0.0866. The number of nitrogens with zero attached hydrogens (tertiary/aromatic N) is 1. The molecule has 0 bridgehead atoms. The Balaban J connectivity index is 1.99. The van der Waals surface area contributed by atoms with Crippen LogP contribution >= 0.6 is 0 Å². The highest BCUT2D eigenvalue weighted by Crippen LogP contribution is 2.23. The van der Waals surface area contributed by atoms with E-state index in [0.29, 0.717) is 5.56 Å². The lowest BCUT2D eigenvalue weighted by molar-refractivity contribution is -0.385. The molecule has 0 spiro atoms. The number of benzene rings is 1. The fourth-order valence-electron chi connectivity index (χ4n) is 2.32. The van der Waals surface area contributed by atoms with Crippen molar-refractivity contribution in [2.75, 3.05) is 13.2 Å². The van der Waals surface area contributed by atoms with Crippen molar-refractivity contribution in [2.24, 2.45) is 0 Å². The molecule has 0 saturated carbocycles. The maximum atomic E-state index is 10.9. The van der Waals surface area contributed by atoms with Crippen LogP contribution in [0.2, 0.25) is 0 Å². The van der Waals surface area contributed by atoms with E-state index in [1.165, 1.54) is 0 Å². The minimum Gasteiger partial charge on any atom is -0.377 e. The van der Waals surface area contributed by atoms with Gasteiger partial charge >= 0.3 is 0 Å². The van der Waals surface area contributed by atoms with E-state index < -0.39 is 0 Å². The molecule has 0 aromatic heterocycles. The van der Waals surface area contributed by atoms with Gasteiger partial charge in [-0.1, -0.05) is 12.1 Å². The summed E-state index contributed by atoms with van der Waals surface area (Å²) in [5.74, 6) is 0. The highest BCUT2D eigenvalue weighted by molar-refractivity contribution is 5.43. The number of nitro benzene ring substituents is 1. The molecule has 1 aromatic rings. The topological polar surface area (TPSA) is 64.4 Å². The van der Waals surface area contributed by atoms with E-state index in [1.807, 2.05) is 13.0 Å². The van der Waals surface area contributed by atoms with Crippen LogP contribution in [0.3, 0.4) is 0 Å². The first-order valence-corrected chi connectivity index (χ1v) is 6.68. The molecule has 1 fully saturated rings. The highest BCUT2D eigenvalue weighted by Gasteiger charge is 2.18. The Hall–Kier alpha value is -1.46. The third kappa shape index (κ3) is 3.52. The summed E-state index contributed by atoms with van der Waals surface area (Å²) in [6.45, 7) is 5.41. The van der Waals surface area contributed by atoms with E-state index in [0.717, 1.165) is 31.6 Å². The predicted molar refractivity (Wildman–Crippen MR) is 73.2 cm³/mol. The molecule has 104 valence electrons. The fraction of sp³-hybridized carbons (Fsp3) is 0.571. The first-order valence-electron chi connectivity index (χ1n) is 6.68. The number of nitro groups is 1. The van der Waals surface area contributed by atoms with Gasteiger partial charge in [-0.15, -0.1) is 0 Å². The zero-order valence-electron chi connectivity index (χ0n) is 11.4. The number of rotatable bonds is 5. The predicted octanol–water partition coefficient (Wildman–Crippen LogP) is 2.73. The molecule has 2 unspecified atom stereocenters. The number of aryl methyl sites for hydroxylation is 1. The summed E-state index contributed by atoms with van der Waals surface area (Å²) < 4.78 is 5.55. The SMILES string of the molecule is Cc1ccc(C(C)NCC2CCCO2)cc1[N+](=O)[O-]. The van der Waals surface area contributed by atoms with E-state index in [9.17, 15) is 10.1 Å². The summed E-state index contributed by atoms with van der Waals surface area (Å²) in [4.78, 5) is 10.6. The maximum absolute atomic E-state index is 10.9. The number of nitrogens with one attached hydrogen (secondary N) is 1. The van der Waals surface area contributed by atoms with E-state index >= 15 is 0 Å². The third-order valence-electron chi connectivity index (χ3n) is 3.61. The van der Waals surface area contributed by atoms with Gasteiger partial charge < -0.3 is 10.1 Å². The zero-order valence-corrected chi connectivity index (χ0v) is 11.4. The molecule has 0 amide bonds. The minimum atomic E-state index is -0.328. The maximum Gasteiger partial charge on any atom is 0.272 e. The Morgan fingerprint density at radius 2 is 2.37 bits per heavy atom. The van der Waals surface area contributed by atoms with E-state index in [2.05, 4.69) is 5.32 Å². The lowest BCUT2D eigenvalue weighted by atomic mass is 10.0. The quantitative estimate of drug-likeness (QED) is 0.656. The van der Waals surface area contributed by atoms with E-state index in [1.54, 1.807) is 19.1 Å². The lowest BCUT2D eigenvalue weighted by Crippen LogP contribution is -2.28. The van der Waals surface area contributed by atoms with Crippen molar-refractivity contribution in [3.8, 4) is 0 Å². The second kappa shape index (κ2) is 6.12. The molecule has 1 N–H and O–H groups in total. The normalized spacial score (nSPS) is 20.4. The smallest absolute Gasteiger partial charge is 0.272 e. The van der Waals surface area contributed by atoms with Crippen molar-refractivity contribution in [1.29, 1.82) is 0 Å². The number of ether oxygens (including phenoxy) is 1. The molecule has 19 heavy (non-hydrogen) atoms. The van der Waals surface area contributed by atoms with Crippen LogP contribution in [0.25, 0.3) is 0 Å². The Labute approximate surface area is 113 Å². The zero-order chi connectivity index (χ0) is 13.8. The standard InChI is InChI=1S/C14H20N2O3/c1-10-5-6-12(8-14(10)16(17)18)11(2)15-9-13-4-3-7-19-13/h5-6,8,11,13,15H,3-4,7,9H2,1-2H3. The molecule has 5 heteroatoms. The molecule has 2 atom stereocenters. The number of hydrogen-bond donors (Lipinski definition) is 1. The number of hydrogen-bond acceptors (Lipinski definition) is 4. The molecular weight excluding hydrogens is 244 g/mol. The van der Waals surface area contributed by atoms with Crippen LogP contribution < -0.4 is 5.32 Å². The summed E-state index contributed by atoms with van der Waals surface area (Å²) in [5, 5.41) is 14.3. The van der Waals surface area contributed by atoms with Gasteiger partial charge in [-0.2, -0.15) is 0 Å². The lowest BCUT2D eigenvalue weighted by Gasteiger charge is -2.17. The average Bonchev–Trinajstić information content (AvgIpc) is 2.89. The molecule has 0 radical (unpaired) electrons. The van der Waals surface area contributed by atoms with Crippen LogP contribution in [0.15, 0.2) is 18.2 Å². The van der Waals surface area contributed by atoms with Gasteiger partial charge in [0.15, 0.2) is 0 Å². The first kappa shape index (κ1) is 14.0. The van der Waals surface area contributed by atoms with Crippen LogP contribution in [0.5, 0.6) is 0 Å². The van der Waals surface area contributed by atoms with Gasteiger partial charge in [-0.3, -0.25) is 10.1 Å². The Morgan fingerprint density at radius 1 is 1.58 bits per heavy atom. The molecular formula is C14H20N2O3. The molecule has 0 aliphatic carbocycles. The van der Waals surface area contributed by atoms with E-state index in [4.69, 9.17) is 4.74 Å². The van der Waals surface area contributed by atoms with Crippen LogP contribution in [-0.4, -0.2) is 24.2 Å². The Kier molecular flexibility index (Phi) is 4.50. The second-order valence-electron chi connectivity index (χ2n) is 5.07. The second-order valence-corrected chi connectivity index (χ2v) is 5.07. The van der Waals surface area contributed by atoms with Gasteiger partial charge in [0.1, 0.15) is 0 Å². The van der Waals surface area contributed by atoms with Crippen LogP contribution in [0.1, 0.15) is 36.9 Å². The summed E-state index contributed by atoms with van der Waals surface area (Å²) in [5.41, 5.74) is 1.82. The van der Waals surface area contributed by atoms with Gasteiger partial charge in [0, 0.05) is 30.8 Å². The average molecular weight is 264 g/mol. The summed E-state index contributed by atoms with van der Waals surface area (Å²) in [7, 11) is 0. The Morgan fingerprint density at radius 3 is 3.00 bits per heavy atom. The molecule has 1 saturated heterocycles. The Bertz CT molecular complexity index is 456. The van der Waals surface area contributed by atoms with Crippen molar-refractivity contribution in [3.63, 3.8) is 0 Å². The van der Waals surface area contributed by atoms with Crippen molar-refractivity contribution >= 4 is 5.69 Å². The van der Waals surface area contributed by atoms with Crippen molar-refractivity contribution in [2.45, 2.75) is 38.8 Å². The monoisotopic (exact) mass is 264 g/mol.